The first-order valence-electron chi connectivity index (χ1n) is 9.13. The first-order valence-corrected chi connectivity index (χ1v) is 9.13. The van der Waals surface area contributed by atoms with E-state index in [1.54, 1.807) is 7.05 Å². The molecule has 0 saturated carbocycles. The molecule has 2 rings (SSSR count). The van der Waals surface area contributed by atoms with Crippen LogP contribution in [0.4, 0.5) is 5.82 Å². The molecule has 0 aliphatic carbocycles. The molecular formula is C19H31N7. The maximum Gasteiger partial charge on any atom is 0.191 e. The van der Waals surface area contributed by atoms with Crippen LogP contribution in [0, 0.1) is 13.8 Å². The Bertz CT molecular complexity index is 727. The zero-order valence-electron chi connectivity index (χ0n) is 16.8. The van der Waals surface area contributed by atoms with Crippen molar-refractivity contribution in [3.63, 3.8) is 0 Å². The second-order valence-electron chi connectivity index (χ2n) is 6.25. The summed E-state index contributed by atoms with van der Waals surface area (Å²) < 4.78 is 1.91. The van der Waals surface area contributed by atoms with Gasteiger partial charge in [-0.3, -0.25) is 9.67 Å². The zero-order chi connectivity index (χ0) is 19.1. The number of aliphatic imine (C=N–C) groups is 1. The molecule has 7 heteroatoms. The highest BCUT2D eigenvalue weighted by molar-refractivity contribution is 5.79. The molecule has 0 fully saturated rings. The van der Waals surface area contributed by atoms with Gasteiger partial charge in [-0.1, -0.05) is 6.07 Å². The molecule has 0 aromatic carbocycles. The molecular weight excluding hydrogens is 326 g/mol. The normalized spacial score (nSPS) is 11.5. The van der Waals surface area contributed by atoms with Crippen molar-refractivity contribution < 1.29 is 0 Å². The second-order valence-corrected chi connectivity index (χ2v) is 6.25. The van der Waals surface area contributed by atoms with Crippen molar-refractivity contribution in [3.8, 4) is 0 Å². The average molecular weight is 358 g/mol. The number of hydrogen-bond donors (Lipinski definition) is 2. The number of nitrogens with one attached hydrogen (secondary N) is 2. The van der Waals surface area contributed by atoms with Gasteiger partial charge < -0.3 is 15.5 Å². The van der Waals surface area contributed by atoms with Crippen LogP contribution in [0.2, 0.25) is 0 Å². The van der Waals surface area contributed by atoms with Gasteiger partial charge in [0, 0.05) is 57.7 Å². The molecule has 0 unspecified atom stereocenters. The highest BCUT2D eigenvalue weighted by atomic mass is 15.3. The number of guanidine groups is 1. The zero-order valence-corrected chi connectivity index (χ0v) is 16.8. The summed E-state index contributed by atoms with van der Waals surface area (Å²) in [6.45, 7) is 11.7. The fourth-order valence-electron chi connectivity index (χ4n) is 2.91. The van der Waals surface area contributed by atoms with Gasteiger partial charge in [0.15, 0.2) is 5.96 Å². The van der Waals surface area contributed by atoms with Crippen molar-refractivity contribution in [2.45, 2.75) is 40.8 Å². The fourth-order valence-corrected chi connectivity index (χ4v) is 2.91. The Kier molecular flexibility index (Phi) is 7.00. The highest BCUT2D eigenvalue weighted by Crippen LogP contribution is 2.12. The molecule has 142 valence electrons. The van der Waals surface area contributed by atoms with Gasteiger partial charge in [-0.15, -0.1) is 0 Å². The Morgan fingerprint density at radius 1 is 1.15 bits per heavy atom. The average Bonchev–Trinajstić information content (AvgIpc) is 2.89. The Morgan fingerprint density at radius 3 is 2.35 bits per heavy atom. The predicted octanol–water partition coefficient (Wildman–Crippen LogP) is 2.14. The number of nitrogens with zero attached hydrogens (tertiary/aromatic N) is 5. The van der Waals surface area contributed by atoms with Crippen molar-refractivity contribution in [2.24, 2.45) is 12.0 Å². The number of anilines is 1. The molecule has 0 aliphatic rings. The van der Waals surface area contributed by atoms with Gasteiger partial charge in [-0.2, -0.15) is 5.10 Å². The topological polar surface area (TPSA) is 70.4 Å². The molecule has 2 heterocycles. The molecule has 2 N–H and O–H groups in total. The summed E-state index contributed by atoms with van der Waals surface area (Å²) in [5.74, 6) is 1.78. The maximum atomic E-state index is 4.56. The lowest BCUT2D eigenvalue weighted by Crippen LogP contribution is -2.36. The van der Waals surface area contributed by atoms with Gasteiger partial charge in [0.25, 0.3) is 0 Å². The van der Waals surface area contributed by atoms with E-state index in [0.717, 1.165) is 36.1 Å². The van der Waals surface area contributed by atoms with E-state index in [1.807, 2.05) is 24.9 Å². The minimum atomic E-state index is 0.677. The third kappa shape index (κ3) is 4.74. The Balaban J connectivity index is 1.90. The highest BCUT2D eigenvalue weighted by Gasteiger charge is 2.10. The third-order valence-corrected chi connectivity index (χ3v) is 4.67. The monoisotopic (exact) mass is 357 g/mol. The smallest absolute Gasteiger partial charge is 0.191 e. The van der Waals surface area contributed by atoms with Crippen LogP contribution in [0.25, 0.3) is 0 Å². The standard InChI is InChI=1S/C19H31N7/c1-7-26(8-2)18-10-9-16(11-21-18)12-22-19(20-5)23-13-17-14(3)24-25(6)15(17)4/h9-11H,7-8,12-13H2,1-6H3,(H2,20,22,23). The summed E-state index contributed by atoms with van der Waals surface area (Å²) in [6.07, 6.45) is 1.92. The van der Waals surface area contributed by atoms with Crippen molar-refractivity contribution >= 4 is 11.8 Å². The van der Waals surface area contributed by atoms with E-state index < -0.39 is 0 Å². The van der Waals surface area contributed by atoms with Gasteiger partial charge in [0.2, 0.25) is 0 Å². The lowest BCUT2D eigenvalue weighted by molar-refractivity contribution is 0.728. The summed E-state index contributed by atoms with van der Waals surface area (Å²) in [5.41, 5.74) is 4.55. The summed E-state index contributed by atoms with van der Waals surface area (Å²) in [5, 5.41) is 11.1. The summed E-state index contributed by atoms with van der Waals surface area (Å²) in [4.78, 5) is 11.1. The van der Waals surface area contributed by atoms with Gasteiger partial charge in [0.1, 0.15) is 5.82 Å². The molecule has 0 aliphatic heterocycles. The largest absolute Gasteiger partial charge is 0.357 e. The fraction of sp³-hybridized carbons (Fsp3) is 0.526. The van der Waals surface area contributed by atoms with Crippen LogP contribution in [-0.4, -0.2) is 40.9 Å². The summed E-state index contributed by atoms with van der Waals surface area (Å²) >= 11 is 0. The number of aromatic nitrogens is 3. The lowest BCUT2D eigenvalue weighted by atomic mass is 10.2. The lowest BCUT2D eigenvalue weighted by Gasteiger charge is -2.19. The second kappa shape index (κ2) is 9.22. The summed E-state index contributed by atoms with van der Waals surface area (Å²) in [7, 11) is 3.74. The van der Waals surface area contributed by atoms with E-state index in [-0.39, 0.29) is 0 Å². The van der Waals surface area contributed by atoms with Gasteiger partial charge in [0.05, 0.1) is 5.69 Å². The van der Waals surface area contributed by atoms with E-state index in [9.17, 15) is 0 Å². The summed E-state index contributed by atoms with van der Waals surface area (Å²) in [6, 6.07) is 4.18. The van der Waals surface area contributed by atoms with Crippen LogP contribution < -0.4 is 15.5 Å². The maximum absolute atomic E-state index is 4.56. The van der Waals surface area contributed by atoms with Crippen LogP contribution in [0.1, 0.15) is 36.4 Å². The number of aryl methyl sites for hydroxylation is 2. The SMILES string of the molecule is CCN(CC)c1ccc(CNC(=NC)NCc2c(C)nn(C)c2C)cn1. The Morgan fingerprint density at radius 2 is 1.85 bits per heavy atom. The third-order valence-electron chi connectivity index (χ3n) is 4.67. The van der Waals surface area contributed by atoms with Crippen molar-refractivity contribution in [3.05, 3.63) is 40.8 Å². The molecule has 0 atom stereocenters. The Labute approximate surface area is 156 Å². The Hall–Kier alpha value is -2.57. The van der Waals surface area contributed by atoms with E-state index in [0.29, 0.717) is 13.1 Å². The molecule has 0 radical (unpaired) electrons. The van der Waals surface area contributed by atoms with Gasteiger partial charge in [-0.25, -0.2) is 4.98 Å². The van der Waals surface area contributed by atoms with Gasteiger partial charge in [-0.05, 0) is 39.3 Å². The van der Waals surface area contributed by atoms with Gasteiger partial charge >= 0.3 is 0 Å². The molecule has 0 amide bonds. The van der Waals surface area contributed by atoms with E-state index in [1.165, 1.54) is 11.3 Å². The predicted molar refractivity (Wildman–Crippen MR) is 108 cm³/mol. The van der Waals surface area contributed by atoms with Crippen LogP contribution in [0.5, 0.6) is 0 Å². The van der Waals surface area contributed by atoms with Crippen LogP contribution in [-0.2, 0) is 20.1 Å². The molecule has 2 aromatic rings. The van der Waals surface area contributed by atoms with Crippen LogP contribution in [0.15, 0.2) is 23.3 Å². The van der Waals surface area contributed by atoms with Crippen molar-refractivity contribution in [1.82, 2.24) is 25.4 Å². The first-order chi connectivity index (χ1) is 12.5. The number of hydrogen-bond acceptors (Lipinski definition) is 4. The number of rotatable bonds is 7. The molecule has 0 spiro atoms. The molecule has 0 saturated heterocycles. The molecule has 7 nitrogen and oxygen atoms in total. The van der Waals surface area contributed by atoms with E-state index >= 15 is 0 Å². The molecule has 2 aromatic heterocycles. The number of pyridine rings is 1. The quantitative estimate of drug-likeness (QED) is 0.587. The van der Waals surface area contributed by atoms with Crippen molar-refractivity contribution in [2.75, 3.05) is 25.0 Å². The first kappa shape index (κ1) is 19.8. The van der Waals surface area contributed by atoms with Crippen LogP contribution >= 0.6 is 0 Å². The molecule has 0 bridgehead atoms. The van der Waals surface area contributed by atoms with E-state index in [4.69, 9.17) is 0 Å². The van der Waals surface area contributed by atoms with Crippen molar-refractivity contribution in [1.29, 1.82) is 0 Å². The minimum Gasteiger partial charge on any atom is -0.357 e. The minimum absolute atomic E-state index is 0.677. The van der Waals surface area contributed by atoms with Crippen LogP contribution in [0.3, 0.4) is 0 Å². The molecule has 26 heavy (non-hydrogen) atoms. The van der Waals surface area contributed by atoms with E-state index in [2.05, 4.69) is 63.5 Å².